The molecular formula is C14H16N4O3S. The summed E-state index contributed by atoms with van der Waals surface area (Å²) in [6, 6.07) is 4.90. The zero-order valence-corrected chi connectivity index (χ0v) is 12.9. The molecule has 2 aromatic rings. The lowest BCUT2D eigenvalue weighted by Gasteiger charge is -2.07. The number of carbonyl (C=O) groups is 1. The van der Waals surface area contributed by atoms with Crippen molar-refractivity contribution in [3.05, 3.63) is 28.8 Å². The topological polar surface area (TPSA) is 99.4 Å². The van der Waals surface area contributed by atoms with E-state index in [1.54, 1.807) is 25.3 Å². The van der Waals surface area contributed by atoms with Crippen molar-refractivity contribution >= 4 is 28.1 Å². The number of benzene rings is 1. The smallest absolute Gasteiger partial charge is 0.259 e. The van der Waals surface area contributed by atoms with Crippen LogP contribution in [0.2, 0.25) is 0 Å². The number of hydrogen-bond acceptors (Lipinski definition) is 7. The van der Waals surface area contributed by atoms with Crippen LogP contribution < -0.4 is 15.8 Å². The lowest BCUT2D eigenvalue weighted by molar-refractivity contribution is 0.102. The van der Waals surface area contributed by atoms with Crippen molar-refractivity contribution in [2.24, 2.45) is 0 Å². The molecule has 116 valence electrons. The Morgan fingerprint density at radius 2 is 2.36 bits per heavy atom. The molecule has 22 heavy (non-hydrogen) atoms. The van der Waals surface area contributed by atoms with E-state index in [0.717, 1.165) is 24.5 Å². The Labute approximate surface area is 131 Å². The Balaban J connectivity index is 1.71. The van der Waals surface area contributed by atoms with Crippen LogP contribution in [-0.2, 0) is 4.74 Å². The van der Waals surface area contributed by atoms with Crippen molar-refractivity contribution in [3.8, 4) is 5.75 Å². The van der Waals surface area contributed by atoms with Crippen LogP contribution in [0.25, 0.3) is 0 Å². The first kappa shape index (κ1) is 14.7. The second-order valence-corrected chi connectivity index (χ2v) is 5.86. The van der Waals surface area contributed by atoms with Gasteiger partial charge in [-0.15, -0.1) is 10.2 Å². The molecule has 1 fully saturated rings. The number of methoxy groups -OCH3 is 1. The van der Waals surface area contributed by atoms with Crippen molar-refractivity contribution < 1.29 is 14.3 Å². The molecule has 1 aromatic carbocycles. The van der Waals surface area contributed by atoms with Crippen LogP contribution in [-0.4, -0.2) is 29.8 Å². The molecule has 0 radical (unpaired) electrons. The van der Waals surface area contributed by atoms with Crippen molar-refractivity contribution in [3.63, 3.8) is 0 Å². The summed E-state index contributed by atoms with van der Waals surface area (Å²) < 4.78 is 10.6. The third-order valence-corrected chi connectivity index (χ3v) is 4.30. The summed E-state index contributed by atoms with van der Waals surface area (Å²) in [6.07, 6.45) is 1.96. The van der Waals surface area contributed by atoms with E-state index in [1.807, 2.05) is 0 Å². The van der Waals surface area contributed by atoms with Gasteiger partial charge in [-0.2, -0.15) is 0 Å². The quantitative estimate of drug-likeness (QED) is 0.838. The minimum absolute atomic E-state index is 0.00536. The monoisotopic (exact) mass is 320 g/mol. The van der Waals surface area contributed by atoms with Crippen LogP contribution >= 0.6 is 11.3 Å². The Morgan fingerprint density at radius 3 is 3.05 bits per heavy atom. The number of nitrogen functional groups attached to an aromatic ring is 1. The normalized spacial score (nSPS) is 17.4. The summed E-state index contributed by atoms with van der Waals surface area (Å²) in [6.45, 7) is 0.744. The summed E-state index contributed by atoms with van der Waals surface area (Å²) in [5.41, 5.74) is 6.58. The third kappa shape index (κ3) is 3.02. The van der Waals surface area contributed by atoms with Gasteiger partial charge in [-0.3, -0.25) is 10.1 Å². The second kappa shape index (κ2) is 6.29. The molecule has 7 nitrogen and oxygen atoms in total. The van der Waals surface area contributed by atoms with Crippen molar-refractivity contribution in [1.82, 2.24) is 10.2 Å². The highest BCUT2D eigenvalue weighted by Crippen LogP contribution is 2.32. The Hall–Kier alpha value is -2.19. The second-order valence-electron chi connectivity index (χ2n) is 4.85. The molecule has 1 aliphatic rings. The van der Waals surface area contributed by atoms with Crippen molar-refractivity contribution in [2.45, 2.75) is 18.9 Å². The summed E-state index contributed by atoms with van der Waals surface area (Å²) in [4.78, 5) is 12.2. The molecule has 1 amide bonds. The molecule has 0 aliphatic carbocycles. The van der Waals surface area contributed by atoms with Crippen LogP contribution in [0, 0.1) is 0 Å². The zero-order valence-electron chi connectivity index (χ0n) is 12.0. The van der Waals surface area contributed by atoms with Gasteiger partial charge >= 0.3 is 0 Å². The molecule has 1 unspecified atom stereocenters. The minimum atomic E-state index is -0.324. The number of nitrogens with zero attached hydrogens (tertiary/aromatic N) is 2. The SMILES string of the molecule is COc1ccc(C(=O)Nc2nnc(C3CCCO3)s2)c(N)c1. The fraction of sp³-hybridized carbons (Fsp3) is 0.357. The van der Waals surface area contributed by atoms with Crippen LogP contribution in [0.15, 0.2) is 18.2 Å². The predicted octanol–water partition coefficient (Wildman–Crippen LogP) is 2.23. The van der Waals surface area contributed by atoms with Gasteiger partial charge in [-0.25, -0.2) is 0 Å². The maximum absolute atomic E-state index is 12.2. The molecular weight excluding hydrogens is 304 g/mol. The first-order chi connectivity index (χ1) is 10.7. The number of nitrogens with one attached hydrogen (secondary N) is 1. The summed E-state index contributed by atoms with van der Waals surface area (Å²) >= 11 is 1.32. The minimum Gasteiger partial charge on any atom is -0.497 e. The van der Waals surface area contributed by atoms with E-state index in [9.17, 15) is 4.79 Å². The molecule has 3 rings (SSSR count). The fourth-order valence-corrected chi connectivity index (χ4v) is 3.05. The lowest BCUT2D eigenvalue weighted by Crippen LogP contribution is -2.13. The van der Waals surface area contributed by atoms with E-state index in [1.165, 1.54) is 11.3 Å². The highest BCUT2D eigenvalue weighted by Gasteiger charge is 2.22. The molecule has 1 saturated heterocycles. The lowest BCUT2D eigenvalue weighted by atomic mass is 10.1. The van der Waals surface area contributed by atoms with Gasteiger partial charge in [-0.05, 0) is 25.0 Å². The number of nitrogens with two attached hydrogens (primary N) is 1. The number of carbonyl (C=O) groups excluding carboxylic acids is 1. The first-order valence-corrected chi connectivity index (χ1v) is 7.69. The van der Waals surface area contributed by atoms with Crippen molar-refractivity contribution in [1.29, 1.82) is 0 Å². The highest BCUT2D eigenvalue weighted by atomic mass is 32.1. The van der Waals surface area contributed by atoms with Gasteiger partial charge in [-0.1, -0.05) is 11.3 Å². The van der Waals surface area contributed by atoms with E-state index in [4.69, 9.17) is 15.2 Å². The first-order valence-electron chi connectivity index (χ1n) is 6.87. The molecule has 8 heteroatoms. The summed E-state index contributed by atoms with van der Waals surface area (Å²) in [5, 5.41) is 12.0. The van der Waals surface area contributed by atoms with Gasteiger partial charge in [0.2, 0.25) is 5.13 Å². The molecule has 0 spiro atoms. The molecule has 0 bridgehead atoms. The number of aromatic nitrogens is 2. The third-order valence-electron chi connectivity index (χ3n) is 3.37. The van der Waals surface area contributed by atoms with E-state index in [-0.39, 0.29) is 12.0 Å². The largest absolute Gasteiger partial charge is 0.497 e. The predicted molar refractivity (Wildman–Crippen MR) is 83.2 cm³/mol. The van der Waals surface area contributed by atoms with Crippen LogP contribution in [0.4, 0.5) is 10.8 Å². The van der Waals surface area contributed by atoms with Crippen LogP contribution in [0.3, 0.4) is 0 Å². The number of ether oxygens (including phenoxy) is 2. The van der Waals surface area contributed by atoms with Gasteiger partial charge in [0.15, 0.2) is 0 Å². The molecule has 0 saturated carbocycles. The summed E-state index contributed by atoms with van der Waals surface area (Å²) in [5.74, 6) is 0.279. The zero-order chi connectivity index (χ0) is 15.5. The molecule has 1 aliphatic heterocycles. The molecule has 1 atom stereocenters. The van der Waals surface area contributed by atoms with Gasteiger partial charge in [0.25, 0.3) is 5.91 Å². The van der Waals surface area contributed by atoms with Gasteiger partial charge < -0.3 is 15.2 Å². The highest BCUT2D eigenvalue weighted by molar-refractivity contribution is 7.15. The maximum Gasteiger partial charge on any atom is 0.259 e. The van der Waals surface area contributed by atoms with Gasteiger partial charge in [0, 0.05) is 18.4 Å². The molecule has 1 aromatic heterocycles. The number of amides is 1. The van der Waals surface area contributed by atoms with Crippen molar-refractivity contribution in [2.75, 3.05) is 24.8 Å². The van der Waals surface area contributed by atoms with E-state index < -0.39 is 0 Å². The Morgan fingerprint density at radius 1 is 1.50 bits per heavy atom. The molecule has 3 N–H and O–H groups in total. The maximum atomic E-state index is 12.2. The van der Waals surface area contributed by atoms with E-state index >= 15 is 0 Å². The van der Waals surface area contributed by atoms with E-state index in [0.29, 0.717) is 22.1 Å². The molecule has 2 heterocycles. The number of anilines is 2. The van der Waals surface area contributed by atoms with Crippen LogP contribution in [0.1, 0.15) is 34.3 Å². The van der Waals surface area contributed by atoms with E-state index in [2.05, 4.69) is 15.5 Å². The Bertz CT molecular complexity index is 682. The van der Waals surface area contributed by atoms with Gasteiger partial charge in [0.1, 0.15) is 16.9 Å². The van der Waals surface area contributed by atoms with Crippen LogP contribution in [0.5, 0.6) is 5.75 Å². The fourth-order valence-electron chi connectivity index (χ4n) is 2.23. The number of hydrogen-bond donors (Lipinski definition) is 2. The number of rotatable bonds is 4. The standard InChI is InChI=1S/C14H16N4O3S/c1-20-8-4-5-9(10(15)7-8)12(19)16-14-18-17-13(22-14)11-3-2-6-21-11/h4-5,7,11H,2-3,6,15H2,1H3,(H,16,18,19). The average Bonchev–Trinajstić information content (AvgIpc) is 3.17. The average molecular weight is 320 g/mol. The Kier molecular flexibility index (Phi) is 4.21. The summed E-state index contributed by atoms with van der Waals surface area (Å²) in [7, 11) is 1.54. The van der Waals surface area contributed by atoms with Gasteiger partial charge in [0.05, 0.1) is 12.7 Å².